The Morgan fingerprint density at radius 1 is 1.18 bits per heavy atom. The summed E-state index contributed by atoms with van der Waals surface area (Å²) in [5.41, 5.74) is 5.64. The summed E-state index contributed by atoms with van der Waals surface area (Å²) in [7, 11) is 0. The monoisotopic (exact) mass is 238 g/mol. The van der Waals surface area contributed by atoms with Gasteiger partial charge in [-0.3, -0.25) is 5.10 Å². The van der Waals surface area contributed by atoms with Crippen LogP contribution in [0.4, 0.5) is 0 Å². The third-order valence-electron chi connectivity index (χ3n) is 3.30. The van der Waals surface area contributed by atoms with Crippen molar-refractivity contribution in [3.63, 3.8) is 0 Å². The molecule has 0 bridgehead atoms. The number of hydrogen-bond acceptors (Lipinski definition) is 3. The second-order valence-corrected chi connectivity index (χ2v) is 5.42. The van der Waals surface area contributed by atoms with Crippen molar-refractivity contribution in [1.82, 2.24) is 15.2 Å². The summed E-state index contributed by atoms with van der Waals surface area (Å²) >= 11 is 0. The van der Waals surface area contributed by atoms with E-state index in [-0.39, 0.29) is 0 Å². The van der Waals surface area contributed by atoms with Gasteiger partial charge in [0.2, 0.25) is 0 Å². The lowest BCUT2D eigenvalue weighted by atomic mass is 9.88. The third kappa shape index (κ3) is 4.46. The minimum absolute atomic E-state index is 0.393. The molecule has 1 atom stereocenters. The van der Waals surface area contributed by atoms with E-state index in [9.17, 15) is 0 Å². The van der Waals surface area contributed by atoms with Crippen LogP contribution in [0.15, 0.2) is 0 Å². The lowest BCUT2D eigenvalue weighted by Crippen LogP contribution is -2.15. The Morgan fingerprint density at radius 2 is 1.88 bits per heavy atom. The minimum atomic E-state index is 0.393. The summed E-state index contributed by atoms with van der Waals surface area (Å²) in [4.78, 5) is 4.50. The Morgan fingerprint density at radius 3 is 2.35 bits per heavy atom. The Balaban J connectivity index is 2.47. The van der Waals surface area contributed by atoms with Gasteiger partial charge in [0.1, 0.15) is 5.82 Å². The van der Waals surface area contributed by atoms with Gasteiger partial charge in [-0.15, -0.1) is 0 Å². The van der Waals surface area contributed by atoms with Gasteiger partial charge < -0.3 is 5.73 Å². The number of hydrogen-bond donors (Lipinski definition) is 2. The molecule has 0 fully saturated rings. The zero-order valence-corrected chi connectivity index (χ0v) is 11.5. The van der Waals surface area contributed by atoms with Crippen LogP contribution in [0.1, 0.15) is 58.1 Å². The molecule has 98 valence electrons. The molecule has 0 spiro atoms. The Labute approximate surface area is 104 Å². The van der Waals surface area contributed by atoms with Crippen molar-refractivity contribution < 1.29 is 0 Å². The summed E-state index contributed by atoms with van der Waals surface area (Å²) in [6.07, 6.45) is 3.22. The van der Waals surface area contributed by atoms with E-state index in [1.54, 1.807) is 0 Å². The maximum atomic E-state index is 5.64. The fourth-order valence-electron chi connectivity index (χ4n) is 2.03. The predicted molar refractivity (Wildman–Crippen MR) is 70.8 cm³/mol. The van der Waals surface area contributed by atoms with Crippen molar-refractivity contribution in [2.24, 2.45) is 17.6 Å². The highest BCUT2D eigenvalue weighted by molar-refractivity contribution is 4.95. The molecule has 0 aliphatic heterocycles. The number of aryl methyl sites for hydroxylation is 1. The SMILES string of the molecule is CC(C)c1n[nH]c(CCC(CCN)C(C)C)n1. The first-order chi connectivity index (χ1) is 8.04. The maximum Gasteiger partial charge on any atom is 0.153 e. The van der Waals surface area contributed by atoms with Crippen molar-refractivity contribution >= 4 is 0 Å². The minimum Gasteiger partial charge on any atom is -0.330 e. The number of nitrogens with two attached hydrogens (primary N) is 1. The highest BCUT2D eigenvalue weighted by atomic mass is 15.2. The summed E-state index contributed by atoms with van der Waals surface area (Å²) in [6, 6.07) is 0. The highest BCUT2D eigenvalue weighted by Gasteiger charge is 2.14. The molecule has 0 radical (unpaired) electrons. The molecule has 0 saturated heterocycles. The van der Waals surface area contributed by atoms with Crippen LogP contribution in [0.25, 0.3) is 0 Å². The number of aromatic amines is 1. The van der Waals surface area contributed by atoms with E-state index in [2.05, 4.69) is 42.9 Å². The highest BCUT2D eigenvalue weighted by Crippen LogP contribution is 2.20. The van der Waals surface area contributed by atoms with Gasteiger partial charge in [-0.25, -0.2) is 4.98 Å². The molecule has 4 heteroatoms. The quantitative estimate of drug-likeness (QED) is 0.767. The molecule has 4 nitrogen and oxygen atoms in total. The van der Waals surface area contributed by atoms with Crippen molar-refractivity contribution in [3.8, 4) is 0 Å². The normalized spacial score (nSPS) is 13.6. The molecule has 1 heterocycles. The summed E-state index contributed by atoms with van der Waals surface area (Å²) in [5.74, 6) is 3.69. The van der Waals surface area contributed by atoms with Crippen molar-refractivity contribution in [2.45, 2.75) is 52.9 Å². The van der Waals surface area contributed by atoms with Gasteiger partial charge in [-0.2, -0.15) is 5.10 Å². The van der Waals surface area contributed by atoms with Gasteiger partial charge >= 0.3 is 0 Å². The number of H-pyrrole nitrogens is 1. The molecule has 0 amide bonds. The Hall–Kier alpha value is -0.900. The summed E-state index contributed by atoms with van der Waals surface area (Å²) < 4.78 is 0. The van der Waals surface area contributed by atoms with E-state index in [0.717, 1.165) is 37.5 Å². The smallest absolute Gasteiger partial charge is 0.153 e. The molecular weight excluding hydrogens is 212 g/mol. The van der Waals surface area contributed by atoms with Crippen LogP contribution in [-0.2, 0) is 6.42 Å². The van der Waals surface area contributed by atoms with E-state index >= 15 is 0 Å². The molecule has 1 aromatic rings. The molecule has 3 N–H and O–H groups in total. The average molecular weight is 238 g/mol. The van der Waals surface area contributed by atoms with E-state index < -0.39 is 0 Å². The molecule has 17 heavy (non-hydrogen) atoms. The zero-order valence-electron chi connectivity index (χ0n) is 11.5. The Bertz CT molecular complexity index is 317. The van der Waals surface area contributed by atoms with Crippen molar-refractivity contribution in [3.05, 3.63) is 11.6 Å². The van der Waals surface area contributed by atoms with Crippen LogP contribution >= 0.6 is 0 Å². The third-order valence-corrected chi connectivity index (χ3v) is 3.30. The zero-order chi connectivity index (χ0) is 12.8. The molecule has 0 aliphatic rings. The second kappa shape index (κ2) is 6.74. The van der Waals surface area contributed by atoms with Gasteiger partial charge in [-0.1, -0.05) is 27.7 Å². The van der Waals surface area contributed by atoms with Gasteiger partial charge in [0.25, 0.3) is 0 Å². The largest absolute Gasteiger partial charge is 0.330 e. The van der Waals surface area contributed by atoms with Crippen LogP contribution in [0, 0.1) is 11.8 Å². The lowest BCUT2D eigenvalue weighted by molar-refractivity contribution is 0.339. The molecular formula is C13H26N4. The number of aromatic nitrogens is 3. The molecule has 0 aliphatic carbocycles. The summed E-state index contributed by atoms with van der Waals surface area (Å²) in [5, 5.41) is 7.25. The molecule has 1 aromatic heterocycles. The van der Waals surface area contributed by atoms with Crippen LogP contribution in [0.3, 0.4) is 0 Å². The van der Waals surface area contributed by atoms with Crippen LogP contribution in [-0.4, -0.2) is 21.7 Å². The summed E-state index contributed by atoms with van der Waals surface area (Å²) in [6.45, 7) is 9.52. The lowest BCUT2D eigenvalue weighted by Gasteiger charge is -2.19. The van der Waals surface area contributed by atoms with Crippen molar-refractivity contribution in [2.75, 3.05) is 6.54 Å². The second-order valence-electron chi connectivity index (χ2n) is 5.42. The number of nitrogens with one attached hydrogen (secondary N) is 1. The van der Waals surface area contributed by atoms with E-state index in [0.29, 0.717) is 17.8 Å². The first-order valence-electron chi connectivity index (χ1n) is 6.65. The molecule has 0 saturated carbocycles. The number of nitrogens with zero attached hydrogens (tertiary/aromatic N) is 2. The van der Waals surface area contributed by atoms with Gasteiger partial charge in [0.05, 0.1) is 0 Å². The number of rotatable bonds is 7. The van der Waals surface area contributed by atoms with E-state index in [1.807, 2.05) is 0 Å². The fourth-order valence-corrected chi connectivity index (χ4v) is 2.03. The first-order valence-corrected chi connectivity index (χ1v) is 6.65. The fraction of sp³-hybridized carbons (Fsp3) is 0.846. The van der Waals surface area contributed by atoms with Crippen LogP contribution in [0.5, 0.6) is 0 Å². The topological polar surface area (TPSA) is 67.6 Å². The standard InChI is InChI=1S/C13H26N4/c1-9(2)11(7-8-14)5-6-12-15-13(10(3)4)17-16-12/h9-11H,5-8,14H2,1-4H3,(H,15,16,17). The molecule has 0 aromatic carbocycles. The van der Waals surface area contributed by atoms with Crippen LogP contribution < -0.4 is 5.73 Å². The van der Waals surface area contributed by atoms with Gasteiger partial charge in [-0.05, 0) is 31.2 Å². The molecule has 1 unspecified atom stereocenters. The molecule has 1 rings (SSSR count). The van der Waals surface area contributed by atoms with Crippen molar-refractivity contribution in [1.29, 1.82) is 0 Å². The van der Waals surface area contributed by atoms with Gasteiger partial charge in [0, 0.05) is 12.3 Å². The predicted octanol–water partition coefficient (Wildman–Crippen LogP) is 2.48. The average Bonchev–Trinajstić information content (AvgIpc) is 2.72. The Kier molecular flexibility index (Phi) is 5.62. The van der Waals surface area contributed by atoms with E-state index in [4.69, 9.17) is 5.73 Å². The van der Waals surface area contributed by atoms with Crippen LogP contribution in [0.2, 0.25) is 0 Å². The first kappa shape index (κ1) is 14.2. The van der Waals surface area contributed by atoms with Gasteiger partial charge in [0.15, 0.2) is 5.82 Å². The van der Waals surface area contributed by atoms with E-state index in [1.165, 1.54) is 0 Å². The maximum absolute atomic E-state index is 5.64.